The number of azo groups is 1. The molecule has 0 atom stereocenters. The van der Waals surface area contributed by atoms with E-state index in [-0.39, 0.29) is 11.7 Å². The van der Waals surface area contributed by atoms with Crippen LogP contribution in [-0.4, -0.2) is 14.2 Å². The maximum Gasteiger partial charge on any atom is 0.232 e. The van der Waals surface area contributed by atoms with Crippen LogP contribution in [0.3, 0.4) is 0 Å². The molecule has 0 spiro atoms. The van der Waals surface area contributed by atoms with Crippen molar-refractivity contribution in [2.45, 2.75) is 13.8 Å². The van der Waals surface area contributed by atoms with Crippen molar-refractivity contribution in [1.29, 1.82) is 0 Å². The molecule has 5 nitrogen and oxygen atoms in total. The average molecular weight is 317 g/mol. The van der Waals surface area contributed by atoms with E-state index >= 15 is 0 Å². The van der Waals surface area contributed by atoms with Crippen LogP contribution < -0.4 is 4.72 Å². The Kier molecular flexibility index (Phi) is 5.27. The Labute approximate surface area is 131 Å². The van der Waals surface area contributed by atoms with Gasteiger partial charge in [-0.25, -0.2) is 8.42 Å². The van der Waals surface area contributed by atoms with Crippen LogP contribution in [0.15, 0.2) is 64.8 Å². The lowest BCUT2D eigenvalue weighted by Gasteiger charge is -2.09. The van der Waals surface area contributed by atoms with Crippen LogP contribution >= 0.6 is 0 Å². The molecule has 0 fully saturated rings. The third kappa shape index (κ3) is 5.29. The lowest BCUT2D eigenvalue weighted by Crippen LogP contribution is -2.19. The van der Waals surface area contributed by atoms with Crippen molar-refractivity contribution in [1.82, 2.24) is 0 Å². The molecule has 0 aliphatic rings. The molecule has 6 heteroatoms. The van der Waals surface area contributed by atoms with Gasteiger partial charge < -0.3 is 0 Å². The monoisotopic (exact) mass is 317 g/mol. The summed E-state index contributed by atoms with van der Waals surface area (Å²) in [4.78, 5) is 0. The predicted octanol–water partition coefficient (Wildman–Crippen LogP) is 4.50. The molecular formula is C16H19N3O2S. The van der Waals surface area contributed by atoms with Crippen molar-refractivity contribution in [2.75, 3.05) is 10.5 Å². The van der Waals surface area contributed by atoms with Crippen LogP contribution in [0.25, 0.3) is 0 Å². The summed E-state index contributed by atoms with van der Waals surface area (Å²) < 4.78 is 26.3. The minimum Gasteiger partial charge on any atom is -0.284 e. The maximum atomic E-state index is 11.9. The number of nitrogens with one attached hydrogen (secondary N) is 1. The fourth-order valence-electron chi connectivity index (χ4n) is 1.87. The zero-order chi connectivity index (χ0) is 16.0. The second-order valence-corrected chi connectivity index (χ2v) is 7.13. The maximum absolute atomic E-state index is 11.9. The highest BCUT2D eigenvalue weighted by atomic mass is 32.2. The number of hydrogen-bond donors (Lipinski definition) is 1. The van der Waals surface area contributed by atoms with Crippen molar-refractivity contribution in [3.63, 3.8) is 0 Å². The van der Waals surface area contributed by atoms with Crippen LogP contribution in [0.2, 0.25) is 0 Å². The van der Waals surface area contributed by atoms with Crippen LogP contribution in [0.4, 0.5) is 17.1 Å². The van der Waals surface area contributed by atoms with Gasteiger partial charge >= 0.3 is 0 Å². The van der Waals surface area contributed by atoms with E-state index in [2.05, 4.69) is 15.0 Å². The normalized spacial score (nSPS) is 12.0. The van der Waals surface area contributed by atoms with E-state index < -0.39 is 10.0 Å². The molecule has 0 bridgehead atoms. The van der Waals surface area contributed by atoms with Crippen LogP contribution in [0.1, 0.15) is 13.8 Å². The van der Waals surface area contributed by atoms with Gasteiger partial charge in [0.25, 0.3) is 0 Å². The molecule has 0 radical (unpaired) electrons. The zero-order valence-corrected chi connectivity index (χ0v) is 13.4. The van der Waals surface area contributed by atoms with Crippen molar-refractivity contribution in [3.8, 4) is 0 Å². The molecule has 0 aromatic heterocycles. The molecular weight excluding hydrogens is 298 g/mol. The molecule has 1 N–H and O–H groups in total. The number of rotatable bonds is 6. The Morgan fingerprint density at radius 1 is 0.909 bits per heavy atom. The summed E-state index contributed by atoms with van der Waals surface area (Å²) in [6, 6.07) is 16.2. The molecule has 0 aliphatic heterocycles. The molecule has 0 aliphatic carbocycles. The van der Waals surface area contributed by atoms with E-state index in [0.29, 0.717) is 11.4 Å². The fraction of sp³-hybridized carbons (Fsp3) is 0.250. The summed E-state index contributed by atoms with van der Waals surface area (Å²) in [7, 11) is -3.31. The number of nitrogens with zero attached hydrogens (tertiary/aromatic N) is 2. The number of sulfonamides is 1. The largest absolute Gasteiger partial charge is 0.284 e. The standard InChI is InChI=1S/C16H19N3O2S/c1-13(2)12-22(20,21)19-16-10-8-15(9-11-16)18-17-14-6-4-3-5-7-14/h3-11,13,19H,12H2,1-2H3. The third-order valence-electron chi connectivity index (χ3n) is 2.73. The number of benzene rings is 2. The Morgan fingerprint density at radius 2 is 1.45 bits per heavy atom. The number of anilines is 1. The van der Waals surface area contributed by atoms with Crippen molar-refractivity contribution in [2.24, 2.45) is 16.1 Å². The average Bonchev–Trinajstić information content (AvgIpc) is 2.46. The first-order chi connectivity index (χ1) is 10.4. The van der Waals surface area contributed by atoms with Gasteiger partial charge in [0.15, 0.2) is 0 Å². The lowest BCUT2D eigenvalue weighted by molar-refractivity contribution is 0.587. The van der Waals surface area contributed by atoms with Gasteiger partial charge in [0.2, 0.25) is 10.0 Å². The zero-order valence-electron chi connectivity index (χ0n) is 12.6. The summed E-state index contributed by atoms with van der Waals surface area (Å²) in [6.45, 7) is 3.73. The predicted molar refractivity (Wildman–Crippen MR) is 89.3 cm³/mol. The minimum atomic E-state index is -3.31. The first kappa shape index (κ1) is 16.2. The molecule has 22 heavy (non-hydrogen) atoms. The van der Waals surface area contributed by atoms with Crippen LogP contribution in [0.5, 0.6) is 0 Å². The Bertz CT molecular complexity index is 724. The highest BCUT2D eigenvalue weighted by molar-refractivity contribution is 7.92. The Balaban J connectivity index is 2.03. The van der Waals surface area contributed by atoms with Gasteiger partial charge in [-0.1, -0.05) is 32.0 Å². The highest BCUT2D eigenvalue weighted by Gasteiger charge is 2.12. The quantitative estimate of drug-likeness (QED) is 0.797. The Hall–Kier alpha value is -2.21. The number of hydrogen-bond acceptors (Lipinski definition) is 4. The smallest absolute Gasteiger partial charge is 0.232 e. The minimum absolute atomic E-state index is 0.0800. The summed E-state index contributed by atoms with van der Waals surface area (Å²) >= 11 is 0. The van der Waals surface area contributed by atoms with Crippen molar-refractivity contribution in [3.05, 3.63) is 54.6 Å². The summed E-state index contributed by atoms with van der Waals surface area (Å²) in [5.74, 6) is 0.180. The molecule has 2 aromatic rings. The van der Waals surface area contributed by atoms with Gasteiger partial charge in [-0.2, -0.15) is 10.2 Å². The molecule has 0 unspecified atom stereocenters. The third-order valence-corrected chi connectivity index (χ3v) is 4.38. The van der Waals surface area contributed by atoms with Crippen LogP contribution in [-0.2, 0) is 10.0 Å². The summed E-state index contributed by atoms with van der Waals surface area (Å²) in [5, 5.41) is 8.22. The molecule has 0 saturated heterocycles. The van der Waals surface area contributed by atoms with E-state index in [0.717, 1.165) is 5.69 Å². The van der Waals surface area contributed by atoms with E-state index in [1.165, 1.54) is 0 Å². The molecule has 116 valence electrons. The SMILES string of the molecule is CC(C)CS(=O)(=O)Nc1ccc(N=Nc2ccccc2)cc1. The fourth-order valence-corrected chi connectivity index (χ4v) is 3.32. The van der Waals surface area contributed by atoms with Gasteiger partial charge in [-0.05, 0) is 42.3 Å². The second-order valence-electron chi connectivity index (χ2n) is 5.36. The molecule has 2 aromatic carbocycles. The molecule has 2 rings (SSSR count). The van der Waals surface area contributed by atoms with E-state index in [9.17, 15) is 8.42 Å². The van der Waals surface area contributed by atoms with E-state index in [1.54, 1.807) is 24.3 Å². The summed E-state index contributed by atoms with van der Waals surface area (Å²) in [6.07, 6.45) is 0. The Morgan fingerprint density at radius 3 is 2.00 bits per heavy atom. The second kappa shape index (κ2) is 7.17. The highest BCUT2D eigenvalue weighted by Crippen LogP contribution is 2.20. The van der Waals surface area contributed by atoms with Gasteiger partial charge in [0, 0.05) is 5.69 Å². The van der Waals surface area contributed by atoms with Gasteiger partial charge in [0.1, 0.15) is 0 Å². The lowest BCUT2D eigenvalue weighted by atomic mass is 10.3. The molecule has 0 amide bonds. The first-order valence-electron chi connectivity index (χ1n) is 7.02. The van der Waals surface area contributed by atoms with Crippen LogP contribution in [0, 0.1) is 5.92 Å². The van der Waals surface area contributed by atoms with Gasteiger partial charge in [-0.15, -0.1) is 0 Å². The van der Waals surface area contributed by atoms with Gasteiger partial charge in [0.05, 0.1) is 17.1 Å². The van der Waals surface area contributed by atoms with Crippen molar-refractivity contribution >= 4 is 27.1 Å². The first-order valence-corrected chi connectivity index (χ1v) is 8.67. The topological polar surface area (TPSA) is 70.9 Å². The molecule has 0 saturated carbocycles. The van der Waals surface area contributed by atoms with Gasteiger partial charge in [-0.3, -0.25) is 4.72 Å². The van der Waals surface area contributed by atoms with E-state index in [4.69, 9.17) is 0 Å². The molecule has 0 heterocycles. The van der Waals surface area contributed by atoms with E-state index in [1.807, 2.05) is 44.2 Å². The summed E-state index contributed by atoms with van der Waals surface area (Å²) in [5.41, 5.74) is 1.96. The van der Waals surface area contributed by atoms with Crippen molar-refractivity contribution < 1.29 is 8.42 Å².